The second-order valence-corrected chi connectivity index (χ2v) is 5.90. The maximum absolute atomic E-state index is 12.0. The fourth-order valence-electron chi connectivity index (χ4n) is 1.93. The maximum atomic E-state index is 12.0. The number of nitrogens with zero attached hydrogens (tertiary/aromatic N) is 1. The van der Waals surface area contributed by atoms with Crippen molar-refractivity contribution in [2.75, 3.05) is 0 Å². The molecule has 0 aliphatic rings. The highest BCUT2D eigenvalue weighted by Crippen LogP contribution is 2.22. The number of hydrogen-bond acceptors (Lipinski definition) is 4. The van der Waals surface area contributed by atoms with E-state index in [1.54, 1.807) is 26.2 Å². The predicted molar refractivity (Wildman–Crippen MR) is 85.5 cm³/mol. The SMILES string of the molecule is Cc1ccc(CNC(=O)C(C)(C)C#N)c(OCc2ccco2)c1. The van der Waals surface area contributed by atoms with Gasteiger partial charge in [0, 0.05) is 12.1 Å². The number of ether oxygens (including phenoxy) is 1. The van der Waals surface area contributed by atoms with Crippen molar-refractivity contribution >= 4 is 5.91 Å². The lowest BCUT2D eigenvalue weighted by Gasteiger charge is -2.17. The van der Waals surface area contributed by atoms with E-state index in [-0.39, 0.29) is 5.91 Å². The van der Waals surface area contributed by atoms with E-state index >= 15 is 0 Å². The van der Waals surface area contributed by atoms with Crippen molar-refractivity contribution in [3.63, 3.8) is 0 Å². The Hall–Kier alpha value is -2.74. The first-order chi connectivity index (χ1) is 10.9. The van der Waals surface area contributed by atoms with Crippen molar-refractivity contribution in [3.05, 3.63) is 53.5 Å². The molecule has 0 aliphatic carbocycles. The van der Waals surface area contributed by atoms with Gasteiger partial charge in [-0.05, 0) is 44.5 Å². The summed E-state index contributed by atoms with van der Waals surface area (Å²) >= 11 is 0. The van der Waals surface area contributed by atoms with E-state index in [1.807, 2.05) is 37.3 Å². The summed E-state index contributed by atoms with van der Waals surface area (Å²) in [5, 5.41) is 11.8. The highest BCUT2D eigenvalue weighted by molar-refractivity contribution is 5.84. The van der Waals surface area contributed by atoms with Gasteiger partial charge in [0.2, 0.25) is 5.91 Å². The topological polar surface area (TPSA) is 75.3 Å². The minimum atomic E-state index is -1.06. The Morgan fingerprint density at radius 2 is 2.17 bits per heavy atom. The quantitative estimate of drug-likeness (QED) is 0.887. The van der Waals surface area contributed by atoms with Crippen LogP contribution < -0.4 is 10.1 Å². The Morgan fingerprint density at radius 3 is 2.83 bits per heavy atom. The summed E-state index contributed by atoms with van der Waals surface area (Å²) in [6.45, 7) is 5.78. The number of carbonyl (C=O) groups is 1. The second-order valence-electron chi connectivity index (χ2n) is 5.90. The van der Waals surface area contributed by atoms with Crippen LogP contribution in [0.1, 0.15) is 30.7 Å². The molecule has 0 saturated carbocycles. The first-order valence-corrected chi connectivity index (χ1v) is 7.36. The normalized spacial score (nSPS) is 10.9. The molecule has 2 aromatic rings. The van der Waals surface area contributed by atoms with Gasteiger partial charge in [0.1, 0.15) is 23.5 Å². The lowest BCUT2D eigenvalue weighted by Crippen LogP contribution is -2.35. The van der Waals surface area contributed by atoms with Crippen molar-refractivity contribution in [2.24, 2.45) is 5.41 Å². The Labute approximate surface area is 135 Å². The molecule has 1 aromatic carbocycles. The number of aryl methyl sites for hydroxylation is 1. The van der Waals surface area contributed by atoms with E-state index in [9.17, 15) is 4.79 Å². The zero-order chi connectivity index (χ0) is 16.9. The molecule has 5 heteroatoms. The van der Waals surface area contributed by atoms with Crippen LogP contribution in [0.2, 0.25) is 0 Å². The molecule has 0 radical (unpaired) electrons. The number of carbonyl (C=O) groups excluding carboxylic acids is 1. The van der Waals surface area contributed by atoms with Crippen molar-refractivity contribution < 1.29 is 13.9 Å². The second kappa shape index (κ2) is 7.01. The molecule has 2 rings (SSSR count). The molecule has 0 atom stereocenters. The fraction of sp³-hybridized carbons (Fsp3) is 0.333. The third-order valence-corrected chi connectivity index (χ3v) is 3.46. The van der Waals surface area contributed by atoms with E-state index in [0.29, 0.717) is 18.9 Å². The molecular formula is C18H20N2O3. The minimum Gasteiger partial charge on any atom is -0.485 e. The number of hydrogen-bond donors (Lipinski definition) is 1. The van der Waals surface area contributed by atoms with Crippen molar-refractivity contribution in [1.29, 1.82) is 5.26 Å². The largest absolute Gasteiger partial charge is 0.485 e. The zero-order valence-electron chi connectivity index (χ0n) is 13.6. The molecule has 23 heavy (non-hydrogen) atoms. The Bertz CT molecular complexity index is 712. The highest BCUT2D eigenvalue weighted by atomic mass is 16.5. The number of amides is 1. The number of rotatable bonds is 6. The van der Waals surface area contributed by atoms with Crippen LogP contribution in [0, 0.1) is 23.7 Å². The molecule has 1 amide bonds. The average molecular weight is 312 g/mol. The summed E-state index contributed by atoms with van der Waals surface area (Å²) in [7, 11) is 0. The minimum absolute atomic E-state index is 0.303. The third kappa shape index (κ3) is 4.36. The van der Waals surface area contributed by atoms with Gasteiger partial charge < -0.3 is 14.5 Å². The molecule has 0 spiro atoms. The van der Waals surface area contributed by atoms with E-state index in [2.05, 4.69) is 5.32 Å². The molecule has 5 nitrogen and oxygen atoms in total. The van der Waals surface area contributed by atoms with Crippen LogP contribution in [0.3, 0.4) is 0 Å². The summed E-state index contributed by atoms with van der Waals surface area (Å²) in [4.78, 5) is 12.0. The van der Waals surface area contributed by atoms with Gasteiger partial charge in [-0.1, -0.05) is 12.1 Å². The third-order valence-electron chi connectivity index (χ3n) is 3.46. The predicted octanol–water partition coefficient (Wildman–Crippen LogP) is 3.33. The van der Waals surface area contributed by atoms with Gasteiger partial charge in [-0.15, -0.1) is 0 Å². The van der Waals surface area contributed by atoms with Gasteiger partial charge in [-0.3, -0.25) is 4.79 Å². The fourth-order valence-corrected chi connectivity index (χ4v) is 1.93. The smallest absolute Gasteiger partial charge is 0.240 e. The first-order valence-electron chi connectivity index (χ1n) is 7.36. The number of nitrogens with one attached hydrogen (secondary N) is 1. The summed E-state index contributed by atoms with van der Waals surface area (Å²) in [6, 6.07) is 11.4. The van der Waals surface area contributed by atoms with Crippen LogP contribution >= 0.6 is 0 Å². The molecule has 120 valence electrons. The molecule has 0 bridgehead atoms. The average Bonchev–Trinajstić information content (AvgIpc) is 3.05. The molecule has 1 aromatic heterocycles. The first kappa shape index (κ1) is 16.6. The molecule has 0 unspecified atom stereocenters. The van der Waals surface area contributed by atoms with Gasteiger partial charge in [0.15, 0.2) is 0 Å². The molecule has 0 aliphatic heterocycles. The molecule has 1 N–H and O–H groups in total. The van der Waals surface area contributed by atoms with Crippen LogP contribution in [-0.2, 0) is 17.9 Å². The van der Waals surface area contributed by atoms with Crippen LogP contribution in [0.4, 0.5) is 0 Å². The molecule has 0 saturated heterocycles. The van der Waals surface area contributed by atoms with Crippen LogP contribution in [-0.4, -0.2) is 5.91 Å². The van der Waals surface area contributed by atoms with Gasteiger partial charge in [0.25, 0.3) is 0 Å². The van der Waals surface area contributed by atoms with Crippen LogP contribution in [0.25, 0.3) is 0 Å². The van der Waals surface area contributed by atoms with Gasteiger partial charge in [0.05, 0.1) is 12.3 Å². The van der Waals surface area contributed by atoms with E-state index in [0.717, 1.165) is 16.9 Å². The summed E-state index contributed by atoms with van der Waals surface area (Å²) in [5.41, 5.74) is 0.857. The number of furan rings is 1. The number of benzene rings is 1. The maximum Gasteiger partial charge on any atom is 0.240 e. The number of nitriles is 1. The van der Waals surface area contributed by atoms with E-state index in [4.69, 9.17) is 14.4 Å². The van der Waals surface area contributed by atoms with Crippen molar-refractivity contribution in [2.45, 2.75) is 33.9 Å². The van der Waals surface area contributed by atoms with E-state index in [1.165, 1.54) is 0 Å². The summed E-state index contributed by atoms with van der Waals surface area (Å²) < 4.78 is 11.0. The van der Waals surface area contributed by atoms with Crippen molar-refractivity contribution in [3.8, 4) is 11.8 Å². The van der Waals surface area contributed by atoms with Crippen LogP contribution in [0.5, 0.6) is 5.75 Å². The molecule has 0 fully saturated rings. The Morgan fingerprint density at radius 1 is 1.39 bits per heavy atom. The standard InChI is InChI=1S/C18H20N2O3/c1-13-6-7-14(10-20-17(21)18(2,3)12-19)16(9-13)23-11-15-5-4-8-22-15/h4-9H,10-11H2,1-3H3,(H,20,21). The Balaban J connectivity index is 2.06. The van der Waals surface area contributed by atoms with E-state index < -0.39 is 5.41 Å². The highest BCUT2D eigenvalue weighted by Gasteiger charge is 2.26. The molecule has 1 heterocycles. The van der Waals surface area contributed by atoms with Gasteiger partial charge >= 0.3 is 0 Å². The molecular weight excluding hydrogens is 292 g/mol. The van der Waals surface area contributed by atoms with Crippen molar-refractivity contribution in [1.82, 2.24) is 5.32 Å². The lowest BCUT2D eigenvalue weighted by atomic mass is 9.94. The Kier molecular flexibility index (Phi) is 5.07. The van der Waals surface area contributed by atoms with Gasteiger partial charge in [-0.25, -0.2) is 0 Å². The summed E-state index contributed by atoms with van der Waals surface area (Å²) in [6.07, 6.45) is 1.60. The van der Waals surface area contributed by atoms with Gasteiger partial charge in [-0.2, -0.15) is 5.26 Å². The monoisotopic (exact) mass is 312 g/mol. The zero-order valence-corrected chi connectivity index (χ0v) is 13.6. The summed E-state index contributed by atoms with van der Waals surface area (Å²) in [5.74, 6) is 1.11. The van der Waals surface area contributed by atoms with Crippen LogP contribution in [0.15, 0.2) is 41.0 Å². The lowest BCUT2D eigenvalue weighted by molar-refractivity contribution is -0.126.